The van der Waals surface area contributed by atoms with Gasteiger partial charge in [-0.15, -0.1) is 0 Å². The fraction of sp³-hybridized carbons (Fsp3) is 0.143. The lowest BCUT2D eigenvalue weighted by Gasteiger charge is -2.10. The summed E-state index contributed by atoms with van der Waals surface area (Å²) in [6.07, 6.45) is -1.07. The number of nitrogens with zero attached hydrogens (tertiary/aromatic N) is 1. The minimum Gasteiger partial charge on any atom is -0.489 e. The van der Waals surface area contributed by atoms with Crippen LogP contribution in [0.15, 0.2) is 60.9 Å². The van der Waals surface area contributed by atoms with E-state index in [0.29, 0.717) is 11.3 Å². The Morgan fingerprint density at radius 1 is 1.04 bits per heavy atom. The summed E-state index contributed by atoms with van der Waals surface area (Å²) in [7, 11) is 0. The lowest BCUT2D eigenvalue weighted by Crippen LogP contribution is -2.12. The maximum atomic E-state index is 12.6. The predicted octanol–water partition coefficient (Wildman–Crippen LogP) is 4.75. The molecule has 2 N–H and O–H groups in total. The minimum atomic E-state index is -4.38. The molecular weight excluding hydrogens is 369 g/mol. The first-order valence-electron chi connectivity index (χ1n) is 8.39. The maximum absolute atomic E-state index is 12.6. The topological polar surface area (TPSA) is 65.2 Å². The Bertz CT molecular complexity index is 999. The third-order valence-corrected chi connectivity index (χ3v) is 4.21. The van der Waals surface area contributed by atoms with Gasteiger partial charge in [-0.2, -0.15) is 13.2 Å². The normalized spacial score (nSPS) is 11.3. The number of primary amides is 1. The van der Waals surface area contributed by atoms with Crippen molar-refractivity contribution in [2.45, 2.75) is 19.7 Å². The molecule has 1 aromatic heterocycles. The number of hydrogen-bond donors (Lipinski definition) is 1. The molecule has 0 aliphatic rings. The molecule has 0 unspecified atom stereocenters. The van der Waals surface area contributed by atoms with E-state index in [2.05, 4.69) is 4.98 Å². The number of aryl methyl sites for hydroxylation is 1. The molecule has 0 atom stereocenters. The Morgan fingerprint density at radius 2 is 1.75 bits per heavy atom. The molecule has 1 heterocycles. The summed E-state index contributed by atoms with van der Waals surface area (Å²) in [5.74, 6) is -0.152. The third kappa shape index (κ3) is 4.49. The van der Waals surface area contributed by atoms with E-state index in [1.807, 2.05) is 12.1 Å². The van der Waals surface area contributed by atoms with Crippen LogP contribution in [0.2, 0.25) is 0 Å². The van der Waals surface area contributed by atoms with Gasteiger partial charge in [0.15, 0.2) is 0 Å². The van der Waals surface area contributed by atoms with Crippen LogP contribution in [0, 0.1) is 6.92 Å². The number of rotatable bonds is 5. The Hall–Kier alpha value is -3.35. The van der Waals surface area contributed by atoms with Gasteiger partial charge in [-0.25, -0.2) is 0 Å². The van der Waals surface area contributed by atoms with Gasteiger partial charge in [0.05, 0.1) is 5.56 Å². The van der Waals surface area contributed by atoms with Crippen molar-refractivity contribution in [1.29, 1.82) is 0 Å². The van der Waals surface area contributed by atoms with Gasteiger partial charge in [-0.1, -0.05) is 12.1 Å². The van der Waals surface area contributed by atoms with Gasteiger partial charge >= 0.3 is 6.18 Å². The second-order valence-electron chi connectivity index (χ2n) is 6.29. The van der Waals surface area contributed by atoms with Gasteiger partial charge in [0.25, 0.3) is 0 Å². The highest BCUT2D eigenvalue weighted by Crippen LogP contribution is 2.30. The minimum absolute atomic E-state index is 0.157. The second kappa shape index (κ2) is 7.72. The van der Waals surface area contributed by atoms with Gasteiger partial charge in [0, 0.05) is 29.1 Å². The van der Waals surface area contributed by atoms with Crippen molar-refractivity contribution in [1.82, 2.24) is 4.98 Å². The zero-order chi connectivity index (χ0) is 20.3. The van der Waals surface area contributed by atoms with Crippen molar-refractivity contribution in [3.8, 4) is 16.9 Å². The van der Waals surface area contributed by atoms with Crippen LogP contribution in [-0.2, 0) is 12.8 Å². The molecule has 28 heavy (non-hydrogen) atoms. The van der Waals surface area contributed by atoms with Crippen LogP contribution < -0.4 is 10.5 Å². The number of hydrogen-bond acceptors (Lipinski definition) is 3. The van der Waals surface area contributed by atoms with E-state index in [1.54, 1.807) is 31.5 Å². The number of alkyl halides is 3. The van der Waals surface area contributed by atoms with Crippen LogP contribution in [-0.4, -0.2) is 10.9 Å². The largest absolute Gasteiger partial charge is 0.489 e. The van der Waals surface area contributed by atoms with Gasteiger partial charge in [0.2, 0.25) is 5.91 Å². The number of aromatic nitrogens is 1. The van der Waals surface area contributed by atoms with Crippen LogP contribution in [0.25, 0.3) is 11.1 Å². The monoisotopic (exact) mass is 386 g/mol. The lowest BCUT2D eigenvalue weighted by molar-refractivity contribution is -0.137. The summed E-state index contributed by atoms with van der Waals surface area (Å²) >= 11 is 0. The first kappa shape index (κ1) is 19.4. The van der Waals surface area contributed by atoms with Gasteiger partial charge < -0.3 is 10.5 Å². The first-order chi connectivity index (χ1) is 13.2. The second-order valence-corrected chi connectivity index (χ2v) is 6.29. The lowest BCUT2D eigenvalue weighted by atomic mass is 10.00. The van der Waals surface area contributed by atoms with Crippen LogP contribution in [0.4, 0.5) is 13.2 Å². The van der Waals surface area contributed by atoms with Crippen molar-refractivity contribution >= 4 is 5.91 Å². The molecule has 0 saturated heterocycles. The molecule has 2 aromatic carbocycles. The summed E-state index contributed by atoms with van der Waals surface area (Å²) in [5.41, 5.74) is 8.27. The molecule has 0 spiro atoms. The number of benzene rings is 2. The fourth-order valence-corrected chi connectivity index (χ4v) is 2.75. The van der Waals surface area contributed by atoms with E-state index in [0.717, 1.165) is 34.4 Å². The number of ether oxygens (including phenoxy) is 1. The SMILES string of the molecule is Cc1cc(-c2cncc(COc3ccc(C(F)(F)F)cc3)c2)ccc1C(N)=O. The smallest absolute Gasteiger partial charge is 0.416 e. The van der Waals surface area contributed by atoms with E-state index in [4.69, 9.17) is 10.5 Å². The molecule has 0 aliphatic carbocycles. The third-order valence-electron chi connectivity index (χ3n) is 4.21. The highest BCUT2D eigenvalue weighted by atomic mass is 19.4. The number of carbonyl (C=O) groups is 1. The van der Waals surface area contributed by atoms with Gasteiger partial charge in [0.1, 0.15) is 12.4 Å². The molecule has 0 radical (unpaired) electrons. The number of nitrogens with two attached hydrogens (primary N) is 1. The Morgan fingerprint density at radius 3 is 2.36 bits per heavy atom. The number of pyridine rings is 1. The maximum Gasteiger partial charge on any atom is 0.416 e. The molecule has 3 aromatic rings. The first-order valence-corrected chi connectivity index (χ1v) is 8.39. The van der Waals surface area contributed by atoms with Gasteiger partial charge in [-0.3, -0.25) is 9.78 Å². The van der Waals surface area contributed by atoms with E-state index < -0.39 is 17.6 Å². The standard InChI is InChI=1S/C21H17F3N2O2/c1-13-8-15(2-7-19(13)20(25)27)16-9-14(10-26-11-16)12-28-18-5-3-17(4-6-18)21(22,23)24/h2-11H,12H2,1H3,(H2,25,27). The van der Waals surface area contributed by atoms with E-state index in [9.17, 15) is 18.0 Å². The number of carbonyl (C=O) groups excluding carboxylic acids is 1. The van der Waals surface area contributed by atoms with Crippen LogP contribution in [0.3, 0.4) is 0 Å². The molecule has 0 saturated carbocycles. The molecule has 0 aliphatic heterocycles. The predicted molar refractivity (Wildman–Crippen MR) is 98.7 cm³/mol. The summed E-state index contributed by atoms with van der Waals surface area (Å²) in [5, 5.41) is 0. The highest BCUT2D eigenvalue weighted by molar-refractivity contribution is 5.94. The van der Waals surface area contributed by atoms with Crippen molar-refractivity contribution < 1.29 is 22.7 Å². The fourth-order valence-electron chi connectivity index (χ4n) is 2.75. The number of halogens is 3. The summed E-state index contributed by atoms with van der Waals surface area (Å²) < 4.78 is 43.4. The summed E-state index contributed by atoms with van der Waals surface area (Å²) in [6, 6.07) is 11.7. The summed E-state index contributed by atoms with van der Waals surface area (Å²) in [6.45, 7) is 1.96. The molecule has 7 heteroatoms. The molecule has 144 valence electrons. The average Bonchev–Trinajstić information content (AvgIpc) is 2.66. The molecule has 4 nitrogen and oxygen atoms in total. The van der Waals surface area contributed by atoms with Crippen molar-refractivity contribution in [2.24, 2.45) is 5.73 Å². The molecule has 0 fully saturated rings. The molecule has 3 rings (SSSR count). The van der Waals surface area contributed by atoms with Crippen molar-refractivity contribution in [3.63, 3.8) is 0 Å². The van der Waals surface area contributed by atoms with Crippen LogP contribution in [0.5, 0.6) is 5.75 Å². The van der Waals surface area contributed by atoms with E-state index in [-0.39, 0.29) is 6.61 Å². The van der Waals surface area contributed by atoms with E-state index in [1.165, 1.54) is 12.1 Å². The zero-order valence-electron chi connectivity index (χ0n) is 15.0. The Kier molecular flexibility index (Phi) is 5.35. The highest BCUT2D eigenvalue weighted by Gasteiger charge is 2.30. The van der Waals surface area contributed by atoms with Crippen molar-refractivity contribution in [2.75, 3.05) is 0 Å². The Balaban J connectivity index is 1.73. The van der Waals surface area contributed by atoms with Crippen LogP contribution in [0.1, 0.15) is 27.0 Å². The van der Waals surface area contributed by atoms with E-state index >= 15 is 0 Å². The molecule has 0 bridgehead atoms. The van der Waals surface area contributed by atoms with Crippen LogP contribution >= 0.6 is 0 Å². The molecule has 1 amide bonds. The van der Waals surface area contributed by atoms with Gasteiger partial charge in [-0.05, 0) is 54.4 Å². The summed E-state index contributed by atoms with van der Waals surface area (Å²) in [4.78, 5) is 15.5. The zero-order valence-corrected chi connectivity index (χ0v) is 15.0. The Labute approximate surface area is 159 Å². The quantitative estimate of drug-likeness (QED) is 0.688. The molecular formula is C21H17F3N2O2. The average molecular weight is 386 g/mol. The number of amides is 1. The van der Waals surface area contributed by atoms with Crippen molar-refractivity contribution in [3.05, 3.63) is 83.2 Å².